The molecule has 0 aliphatic carbocycles. The quantitative estimate of drug-likeness (QED) is 0.343. The smallest absolute Gasteiger partial charge is 0.320 e. The highest BCUT2D eigenvalue weighted by Gasteiger charge is 2.28. The van der Waals surface area contributed by atoms with Crippen LogP contribution in [0, 0.1) is 5.92 Å². The molecule has 0 aromatic heterocycles. The third-order valence-electron chi connectivity index (χ3n) is 2.61. The van der Waals surface area contributed by atoms with Gasteiger partial charge in [-0.1, -0.05) is 40.0 Å². The van der Waals surface area contributed by atoms with Crippen LogP contribution in [0.1, 0.15) is 59.3 Å². The molecule has 0 aliphatic heterocycles. The summed E-state index contributed by atoms with van der Waals surface area (Å²) in [5.41, 5.74) is 0. The predicted molar refractivity (Wildman–Crippen MR) is 70.1 cm³/mol. The number of hydrogen-bond donors (Lipinski definition) is 0. The molecule has 1 atom stereocenters. The average molecular weight is 258 g/mol. The Morgan fingerprint density at radius 3 is 1.89 bits per heavy atom. The van der Waals surface area contributed by atoms with E-state index in [4.69, 9.17) is 9.47 Å². The molecule has 18 heavy (non-hydrogen) atoms. The van der Waals surface area contributed by atoms with Crippen molar-refractivity contribution >= 4 is 11.9 Å². The first kappa shape index (κ1) is 16.9. The summed E-state index contributed by atoms with van der Waals surface area (Å²) in [4.78, 5) is 23.6. The van der Waals surface area contributed by atoms with Gasteiger partial charge in [-0.2, -0.15) is 0 Å². The van der Waals surface area contributed by atoms with Gasteiger partial charge >= 0.3 is 11.9 Å². The summed E-state index contributed by atoms with van der Waals surface area (Å²) in [5, 5.41) is 0. The molecule has 0 fully saturated rings. The second-order valence-electron chi connectivity index (χ2n) is 4.38. The normalized spacial score (nSPS) is 11.9. The summed E-state index contributed by atoms with van der Waals surface area (Å²) in [6.45, 7) is 6.73. The maximum absolute atomic E-state index is 11.8. The van der Waals surface area contributed by atoms with Crippen molar-refractivity contribution in [1.29, 1.82) is 0 Å². The van der Waals surface area contributed by atoms with Gasteiger partial charge in [0, 0.05) is 0 Å². The highest BCUT2D eigenvalue weighted by atomic mass is 16.6. The van der Waals surface area contributed by atoms with Gasteiger partial charge in [-0.3, -0.25) is 9.59 Å². The van der Waals surface area contributed by atoms with Gasteiger partial charge in [-0.25, -0.2) is 0 Å². The lowest BCUT2D eigenvalue weighted by atomic mass is 10.0. The largest absolute Gasteiger partial charge is 0.465 e. The number of carbonyl (C=O) groups is 2. The van der Waals surface area contributed by atoms with E-state index in [2.05, 4.69) is 0 Å². The molecule has 1 unspecified atom stereocenters. The lowest BCUT2D eigenvalue weighted by Gasteiger charge is -2.14. The van der Waals surface area contributed by atoms with Crippen molar-refractivity contribution in [3.8, 4) is 0 Å². The molecule has 0 bridgehead atoms. The summed E-state index contributed by atoms with van der Waals surface area (Å²) >= 11 is 0. The standard InChI is InChI=1S/C14H26O4/c1-4-7-9-12(13(15)17-10-6-3)14(16)18-11-8-5-2/h12H,4-11H2,1-3H3. The first-order valence-electron chi connectivity index (χ1n) is 7.00. The second-order valence-corrected chi connectivity index (χ2v) is 4.38. The van der Waals surface area contributed by atoms with E-state index in [1.165, 1.54) is 0 Å². The van der Waals surface area contributed by atoms with Gasteiger partial charge in [0.05, 0.1) is 13.2 Å². The Kier molecular flexibility index (Phi) is 10.4. The minimum absolute atomic E-state index is 0.365. The zero-order valence-corrected chi connectivity index (χ0v) is 11.9. The first-order valence-corrected chi connectivity index (χ1v) is 7.00. The van der Waals surface area contributed by atoms with Gasteiger partial charge in [0.2, 0.25) is 0 Å². The molecule has 0 spiro atoms. The van der Waals surface area contributed by atoms with E-state index < -0.39 is 17.9 Å². The van der Waals surface area contributed by atoms with Crippen molar-refractivity contribution in [3.05, 3.63) is 0 Å². The lowest BCUT2D eigenvalue weighted by Crippen LogP contribution is -2.28. The van der Waals surface area contributed by atoms with Crippen molar-refractivity contribution in [2.24, 2.45) is 5.92 Å². The molecule has 0 heterocycles. The Hall–Kier alpha value is -1.06. The highest BCUT2D eigenvalue weighted by molar-refractivity contribution is 5.94. The fraction of sp³-hybridized carbons (Fsp3) is 0.857. The zero-order valence-electron chi connectivity index (χ0n) is 11.9. The topological polar surface area (TPSA) is 52.6 Å². The Balaban J connectivity index is 4.26. The summed E-state index contributed by atoms with van der Waals surface area (Å²) in [6.07, 6.45) is 4.85. The van der Waals surface area contributed by atoms with Crippen LogP contribution in [0.25, 0.3) is 0 Å². The molecule has 4 nitrogen and oxygen atoms in total. The fourth-order valence-electron chi connectivity index (χ4n) is 1.46. The van der Waals surface area contributed by atoms with Crippen molar-refractivity contribution in [2.75, 3.05) is 13.2 Å². The van der Waals surface area contributed by atoms with Gasteiger partial charge in [-0.15, -0.1) is 0 Å². The van der Waals surface area contributed by atoms with Crippen LogP contribution in [0.15, 0.2) is 0 Å². The van der Waals surface area contributed by atoms with E-state index in [1.807, 2.05) is 20.8 Å². The van der Waals surface area contributed by atoms with Crippen LogP contribution in [-0.4, -0.2) is 25.2 Å². The Labute approximate surface area is 110 Å². The third kappa shape index (κ3) is 7.30. The SMILES string of the molecule is CCCCOC(=O)C(CCCC)C(=O)OCCC. The predicted octanol–water partition coefficient (Wildman–Crippen LogP) is 3.09. The minimum Gasteiger partial charge on any atom is -0.465 e. The van der Waals surface area contributed by atoms with E-state index in [-0.39, 0.29) is 0 Å². The van der Waals surface area contributed by atoms with Crippen LogP contribution in [0.4, 0.5) is 0 Å². The van der Waals surface area contributed by atoms with Crippen LogP contribution >= 0.6 is 0 Å². The molecule has 0 rings (SSSR count). The number of hydrogen-bond acceptors (Lipinski definition) is 4. The number of ether oxygens (including phenoxy) is 2. The molecule has 0 N–H and O–H groups in total. The summed E-state index contributed by atoms with van der Waals surface area (Å²) < 4.78 is 10.1. The molecule has 0 saturated heterocycles. The van der Waals surface area contributed by atoms with Gasteiger partial charge in [0.1, 0.15) is 0 Å². The lowest BCUT2D eigenvalue weighted by molar-refractivity contribution is -0.162. The molecule has 0 aromatic carbocycles. The molecule has 4 heteroatoms. The highest BCUT2D eigenvalue weighted by Crippen LogP contribution is 2.13. The first-order chi connectivity index (χ1) is 8.67. The van der Waals surface area contributed by atoms with Crippen LogP contribution in [0.3, 0.4) is 0 Å². The Morgan fingerprint density at radius 1 is 0.833 bits per heavy atom. The van der Waals surface area contributed by atoms with Gasteiger partial charge in [-0.05, 0) is 19.3 Å². The summed E-state index contributed by atoms with van der Waals surface area (Å²) in [7, 11) is 0. The molecule has 0 aromatic rings. The third-order valence-corrected chi connectivity index (χ3v) is 2.61. The summed E-state index contributed by atoms with van der Waals surface area (Å²) in [6, 6.07) is 0. The molecular weight excluding hydrogens is 232 g/mol. The number of unbranched alkanes of at least 4 members (excludes halogenated alkanes) is 2. The minimum atomic E-state index is -0.742. The number of rotatable bonds is 10. The van der Waals surface area contributed by atoms with Gasteiger partial charge in [0.25, 0.3) is 0 Å². The van der Waals surface area contributed by atoms with Crippen LogP contribution in [0.5, 0.6) is 0 Å². The van der Waals surface area contributed by atoms with Crippen molar-refractivity contribution in [1.82, 2.24) is 0 Å². The molecule has 106 valence electrons. The maximum Gasteiger partial charge on any atom is 0.320 e. The van der Waals surface area contributed by atoms with Crippen LogP contribution < -0.4 is 0 Å². The van der Waals surface area contributed by atoms with E-state index in [1.54, 1.807) is 0 Å². The van der Waals surface area contributed by atoms with E-state index in [9.17, 15) is 9.59 Å². The molecule has 0 aliphatic rings. The van der Waals surface area contributed by atoms with E-state index >= 15 is 0 Å². The Bertz CT molecular complexity index is 238. The second kappa shape index (κ2) is 11.1. The van der Waals surface area contributed by atoms with Gasteiger partial charge in [0.15, 0.2) is 5.92 Å². The molecule has 0 radical (unpaired) electrons. The van der Waals surface area contributed by atoms with E-state index in [0.29, 0.717) is 19.6 Å². The zero-order chi connectivity index (χ0) is 13.8. The molecule has 0 amide bonds. The van der Waals surface area contributed by atoms with Crippen molar-refractivity contribution in [2.45, 2.75) is 59.3 Å². The van der Waals surface area contributed by atoms with Crippen molar-refractivity contribution < 1.29 is 19.1 Å². The van der Waals surface area contributed by atoms with Crippen molar-refractivity contribution in [3.63, 3.8) is 0 Å². The number of carbonyl (C=O) groups excluding carboxylic acids is 2. The monoisotopic (exact) mass is 258 g/mol. The summed E-state index contributed by atoms with van der Waals surface area (Å²) in [5.74, 6) is -1.61. The maximum atomic E-state index is 11.8. The number of esters is 2. The Morgan fingerprint density at radius 2 is 1.39 bits per heavy atom. The van der Waals surface area contributed by atoms with Gasteiger partial charge < -0.3 is 9.47 Å². The molecular formula is C14H26O4. The van der Waals surface area contributed by atoms with Crippen LogP contribution in [-0.2, 0) is 19.1 Å². The molecule has 0 saturated carbocycles. The average Bonchev–Trinajstić information content (AvgIpc) is 2.37. The fourth-order valence-corrected chi connectivity index (χ4v) is 1.46. The van der Waals surface area contributed by atoms with E-state index in [0.717, 1.165) is 32.1 Å². The van der Waals surface area contributed by atoms with Crippen LogP contribution in [0.2, 0.25) is 0 Å².